The minimum atomic E-state index is -0.162. The van der Waals surface area contributed by atoms with E-state index in [9.17, 15) is 4.79 Å². The molecule has 104 valence electrons. The first-order valence-electron chi connectivity index (χ1n) is 5.31. The largest absolute Gasteiger partial charge is 0.397 e. The molecule has 0 spiro atoms. The molecule has 3 N–H and O–H groups in total. The van der Waals surface area contributed by atoms with E-state index in [1.165, 1.54) is 6.20 Å². The minimum Gasteiger partial charge on any atom is -0.397 e. The predicted molar refractivity (Wildman–Crippen MR) is 78.6 cm³/mol. The van der Waals surface area contributed by atoms with Gasteiger partial charge in [-0.05, 0) is 25.7 Å². The van der Waals surface area contributed by atoms with Crippen molar-refractivity contribution < 1.29 is 4.79 Å². The number of likely N-dealkylation sites (N-methyl/N-ethyl adjacent to an activating group) is 1. The number of nitrogens with zero attached hydrogens (tertiary/aromatic N) is 2. The summed E-state index contributed by atoms with van der Waals surface area (Å²) < 4.78 is 0. The Balaban J connectivity index is 0. The lowest BCUT2D eigenvalue weighted by Gasteiger charge is -2.13. The van der Waals surface area contributed by atoms with Crippen LogP contribution in [0.15, 0.2) is 18.3 Å². The topological polar surface area (TPSA) is 71.2 Å². The van der Waals surface area contributed by atoms with E-state index in [1.54, 1.807) is 12.1 Å². The van der Waals surface area contributed by atoms with Gasteiger partial charge in [0.1, 0.15) is 5.69 Å². The Kier molecular flexibility index (Phi) is 10.7. The molecule has 1 aromatic heterocycles. The van der Waals surface area contributed by atoms with Crippen LogP contribution in [0.4, 0.5) is 5.69 Å². The van der Waals surface area contributed by atoms with Crippen LogP contribution in [0.3, 0.4) is 0 Å². The molecule has 0 atom stereocenters. The molecule has 0 saturated heterocycles. The second-order valence-electron chi connectivity index (χ2n) is 3.63. The van der Waals surface area contributed by atoms with Gasteiger partial charge in [0.15, 0.2) is 0 Å². The van der Waals surface area contributed by atoms with Gasteiger partial charge >= 0.3 is 0 Å². The number of halogens is 2. The molecular weight excluding hydrogens is 275 g/mol. The number of carbonyl (C=O) groups is 1. The van der Waals surface area contributed by atoms with Gasteiger partial charge in [0.05, 0.1) is 11.9 Å². The maximum absolute atomic E-state index is 11.6. The molecule has 0 aromatic carbocycles. The number of carbonyl (C=O) groups excluding carboxylic acids is 1. The van der Waals surface area contributed by atoms with Gasteiger partial charge in [-0.3, -0.25) is 4.79 Å². The highest BCUT2D eigenvalue weighted by Gasteiger charge is 2.05. The van der Waals surface area contributed by atoms with E-state index in [0.29, 0.717) is 17.9 Å². The summed E-state index contributed by atoms with van der Waals surface area (Å²) >= 11 is 0. The maximum Gasteiger partial charge on any atom is 0.269 e. The third-order valence-corrected chi connectivity index (χ3v) is 2.34. The third kappa shape index (κ3) is 6.64. The Labute approximate surface area is 120 Å². The number of pyridine rings is 1. The smallest absolute Gasteiger partial charge is 0.269 e. The third-order valence-electron chi connectivity index (χ3n) is 2.34. The summed E-state index contributed by atoms with van der Waals surface area (Å²) in [5.74, 6) is -0.162. The van der Waals surface area contributed by atoms with Gasteiger partial charge in [-0.15, -0.1) is 24.8 Å². The SMILES string of the molecule is CCN(C)CCNC(=O)c1ccc(N)cn1.Cl.Cl. The Morgan fingerprint density at radius 3 is 2.61 bits per heavy atom. The van der Waals surface area contributed by atoms with Crippen LogP contribution in [0.2, 0.25) is 0 Å². The Bertz CT molecular complexity index is 345. The summed E-state index contributed by atoms with van der Waals surface area (Å²) in [6.45, 7) is 4.49. The van der Waals surface area contributed by atoms with Crippen molar-refractivity contribution in [3.8, 4) is 0 Å². The van der Waals surface area contributed by atoms with Gasteiger partial charge in [-0.25, -0.2) is 4.98 Å². The average molecular weight is 295 g/mol. The second kappa shape index (κ2) is 9.94. The number of rotatable bonds is 5. The highest BCUT2D eigenvalue weighted by Crippen LogP contribution is 2.00. The van der Waals surface area contributed by atoms with Crippen LogP contribution in [-0.2, 0) is 0 Å². The first-order valence-corrected chi connectivity index (χ1v) is 5.31. The number of hydrogen-bond acceptors (Lipinski definition) is 4. The van der Waals surface area contributed by atoms with E-state index in [0.717, 1.165) is 13.1 Å². The standard InChI is InChI=1S/C11H18N4O.2ClH/c1-3-15(2)7-6-13-11(16)10-5-4-9(12)8-14-10;;/h4-5,8H,3,6-7,12H2,1-2H3,(H,13,16);2*1H. The molecule has 0 aliphatic carbocycles. The molecule has 1 rings (SSSR count). The van der Waals surface area contributed by atoms with E-state index >= 15 is 0 Å². The van der Waals surface area contributed by atoms with Crippen LogP contribution in [-0.4, -0.2) is 42.5 Å². The number of aromatic nitrogens is 1. The van der Waals surface area contributed by atoms with Crippen molar-refractivity contribution in [3.05, 3.63) is 24.0 Å². The van der Waals surface area contributed by atoms with Crippen molar-refractivity contribution >= 4 is 36.4 Å². The molecule has 1 aromatic rings. The second-order valence-corrected chi connectivity index (χ2v) is 3.63. The van der Waals surface area contributed by atoms with Crippen molar-refractivity contribution in [2.24, 2.45) is 0 Å². The molecular formula is C11H20Cl2N4O. The normalized spacial score (nSPS) is 9.28. The van der Waals surface area contributed by atoms with Crippen LogP contribution in [0.25, 0.3) is 0 Å². The summed E-state index contributed by atoms with van der Waals surface area (Å²) in [6.07, 6.45) is 1.48. The lowest BCUT2D eigenvalue weighted by Crippen LogP contribution is -2.33. The quantitative estimate of drug-likeness (QED) is 0.856. The molecule has 5 nitrogen and oxygen atoms in total. The lowest BCUT2D eigenvalue weighted by atomic mass is 10.3. The number of nitrogen functional groups attached to an aromatic ring is 1. The number of nitrogens with one attached hydrogen (secondary N) is 1. The van der Waals surface area contributed by atoms with Gasteiger partial charge in [0.25, 0.3) is 5.91 Å². The average Bonchev–Trinajstić information content (AvgIpc) is 2.29. The van der Waals surface area contributed by atoms with Crippen LogP contribution >= 0.6 is 24.8 Å². The molecule has 0 unspecified atom stereocenters. The molecule has 0 saturated carbocycles. The van der Waals surface area contributed by atoms with Crippen molar-refractivity contribution in [2.45, 2.75) is 6.92 Å². The molecule has 7 heteroatoms. The highest BCUT2D eigenvalue weighted by atomic mass is 35.5. The molecule has 0 fully saturated rings. The van der Waals surface area contributed by atoms with Crippen LogP contribution < -0.4 is 11.1 Å². The molecule has 1 amide bonds. The van der Waals surface area contributed by atoms with E-state index in [4.69, 9.17) is 5.73 Å². The number of anilines is 1. The molecule has 0 bridgehead atoms. The summed E-state index contributed by atoms with van der Waals surface area (Å²) in [6, 6.07) is 3.29. The fourth-order valence-corrected chi connectivity index (χ4v) is 1.15. The van der Waals surface area contributed by atoms with E-state index in [-0.39, 0.29) is 30.7 Å². The summed E-state index contributed by atoms with van der Waals surface area (Å²) in [5.41, 5.74) is 6.44. The van der Waals surface area contributed by atoms with Crippen LogP contribution in [0, 0.1) is 0 Å². The lowest BCUT2D eigenvalue weighted by molar-refractivity contribution is 0.0945. The Hall–Kier alpha value is -1.04. The zero-order valence-corrected chi connectivity index (χ0v) is 12.2. The van der Waals surface area contributed by atoms with Crippen LogP contribution in [0.1, 0.15) is 17.4 Å². The van der Waals surface area contributed by atoms with Gasteiger partial charge in [-0.2, -0.15) is 0 Å². The Morgan fingerprint density at radius 2 is 2.11 bits per heavy atom. The zero-order chi connectivity index (χ0) is 12.0. The summed E-state index contributed by atoms with van der Waals surface area (Å²) in [7, 11) is 2.01. The van der Waals surface area contributed by atoms with Gasteiger partial charge < -0.3 is 16.0 Å². The van der Waals surface area contributed by atoms with Gasteiger partial charge in [0.2, 0.25) is 0 Å². The molecule has 0 radical (unpaired) electrons. The molecule has 18 heavy (non-hydrogen) atoms. The molecule has 0 aliphatic heterocycles. The maximum atomic E-state index is 11.6. The van der Waals surface area contributed by atoms with Crippen molar-refractivity contribution in [2.75, 3.05) is 32.4 Å². The first-order chi connectivity index (χ1) is 7.63. The summed E-state index contributed by atoms with van der Waals surface area (Å²) in [5, 5.41) is 2.80. The fraction of sp³-hybridized carbons (Fsp3) is 0.455. The molecule has 0 aliphatic rings. The fourth-order valence-electron chi connectivity index (χ4n) is 1.15. The predicted octanol–water partition coefficient (Wildman–Crippen LogP) is 1.19. The molecule has 1 heterocycles. The van der Waals surface area contributed by atoms with E-state index < -0.39 is 0 Å². The monoisotopic (exact) mass is 294 g/mol. The Morgan fingerprint density at radius 1 is 1.44 bits per heavy atom. The number of amides is 1. The van der Waals surface area contributed by atoms with E-state index in [1.807, 2.05) is 7.05 Å². The highest BCUT2D eigenvalue weighted by molar-refractivity contribution is 5.92. The summed E-state index contributed by atoms with van der Waals surface area (Å²) in [4.78, 5) is 17.7. The van der Waals surface area contributed by atoms with Gasteiger partial charge in [0, 0.05) is 13.1 Å². The first kappa shape index (κ1) is 19.3. The number of nitrogens with two attached hydrogens (primary N) is 1. The zero-order valence-electron chi connectivity index (χ0n) is 10.5. The van der Waals surface area contributed by atoms with Crippen LogP contribution in [0.5, 0.6) is 0 Å². The van der Waals surface area contributed by atoms with Crippen molar-refractivity contribution in [3.63, 3.8) is 0 Å². The minimum absolute atomic E-state index is 0. The van der Waals surface area contributed by atoms with Crippen molar-refractivity contribution in [1.29, 1.82) is 0 Å². The van der Waals surface area contributed by atoms with E-state index in [2.05, 4.69) is 22.1 Å². The van der Waals surface area contributed by atoms with Crippen molar-refractivity contribution in [1.82, 2.24) is 15.2 Å². The van der Waals surface area contributed by atoms with Gasteiger partial charge in [-0.1, -0.05) is 6.92 Å². The number of hydrogen-bond donors (Lipinski definition) is 2.